The summed E-state index contributed by atoms with van der Waals surface area (Å²) in [5.74, 6) is 0.702. The van der Waals surface area contributed by atoms with Gasteiger partial charge in [0.15, 0.2) is 0 Å². The maximum Gasteiger partial charge on any atom is 0.120 e. The van der Waals surface area contributed by atoms with Gasteiger partial charge in [-0.2, -0.15) is 0 Å². The SMILES string of the molecule is OC(COc1cccc(Cl)c1)C1=CCCCC1. The molecule has 1 atom stereocenters. The van der Waals surface area contributed by atoms with E-state index in [9.17, 15) is 5.11 Å². The van der Waals surface area contributed by atoms with Crippen LogP contribution in [-0.4, -0.2) is 17.8 Å². The van der Waals surface area contributed by atoms with Crippen LogP contribution in [-0.2, 0) is 0 Å². The van der Waals surface area contributed by atoms with Crippen molar-refractivity contribution in [1.82, 2.24) is 0 Å². The third-order valence-corrected chi connectivity index (χ3v) is 3.19. The van der Waals surface area contributed by atoms with Crippen LogP contribution in [0, 0.1) is 0 Å². The number of aliphatic hydroxyl groups is 1. The van der Waals surface area contributed by atoms with Gasteiger partial charge in [-0.05, 0) is 49.5 Å². The Hall–Kier alpha value is -0.990. The van der Waals surface area contributed by atoms with Gasteiger partial charge < -0.3 is 9.84 Å². The number of hydrogen-bond acceptors (Lipinski definition) is 2. The Kier molecular flexibility index (Phi) is 4.46. The Bertz CT molecular complexity index is 401. The summed E-state index contributed by atoms with van der Waals surface area (Å²) in [7, 11) is 0. The summed E-state index contributed by atoms with van der Waals surface area (Å²) in [6.07, 6.45) is 6.10. The van der Waals surface area contributed by atoms with Gasteiger partial charge in [0.1, 0.15) is 18.5 Å². The van der Waals surface area contributed by atoms with Crippen LogP contribution >= 0.6 is 11.6 Å². The standard InChI is InChI=1S/C14H17ClO2/c15-12-7-4-8-13(9-12)17-10-14(16)11-5-2-1-3-6-11/h4-5,7-9,14,16H,1-3,6,10H2. The first-order valence-corrected chi connectivity index (χ1v) is 6.39. The molecule has 0 saturated carbocycles. The minimum atomic E-state index is -0.491. The summed E-state index contributed by atoms with van der Waals surface area (Å²) in [4.78, 5) is 0. The first-order chi connectivity index (χ1) is 8.25. The van der Waals surface area contributed by atoms with Crippen LogP contribution in [0.3, 0.4) is 0 Å². The molecule has 0 fully saturated rings. The van der Waals surface area contributed by atoms with E-state index in [0.29, 0.717) is 17.4 Å². The molecule has 0 bridgehead atoms. The van der Waals surface area contributed by atoms with Crippen LogP contribution in [0.25, 0.3) is 0 Å². The molecule has 17 heavy (non-hydrogen) atoms. The predicted molar refractivity (Wildman–Crippen MR) is 69.5 cm³/mol. The molecule has 0 aliphatic heterocycles. The van der Waals surface area contributed by atoms with Gasteiger partial charge in [-0.25, -0.2) is 0 Å². The number of aliphatic hydroxyl groups excluding tert-OH is 1. The minimum absolute atomic E-state index is 0.298. The summed E-state index contributed by atoms with van der Waals surface area (Å²) in [6.45, 7) is 0.298. The van der Waals surface area contributed by atoms with E-state index in [1.807, 2.05) is 12.1 Å². The van der Waals surface area contributed by atoms with Crippen molar-refractivity contribution in [2.45, 2.75) is 31.8 Å². The highest BCUT2D eigenvalue weighted by Gasteiger charge is 2.13. The van der Waals surface area contributed by atoms with Gasteiger partial charge in [0.2, 0.25) is 0 Å². The maximum absolute atomic E-state index is 9.98. The second-order valence-corrected chi connectivity index (χ2v) is 4.75. The summed E-state index contributed by atoms with van der Waals surface area (Å²) in [5, 5.41) is 10.6. The van der Waals surface area contributed by atoms with Crippen molar-refractivity contribution >= 4 is 11.6 Å². The molecule has 1 N–H and O–H groups in total. The molecule has 1 aliphatic rings. The van der Waals surface area contributed by atoms with Crippen molar-refractivity contribution in [2.24, 2.45) is 0 Å². The van der Waals surface area contributed by atoms with E-state index < -0.39 is 6.10 Å². The van der Waals surface area contributed by atoms with Gasteiger partial charge in [-0.15, -0.1) is 0 Å². The van der Waals surface area contributed by atoms with E-state index in [1.54, 1.807) is 12.1 Å². The van der Waals surface area contributed by atoms with Crippen LogP contribution in [0.2, 0.25) is 5.02 Å². The zero-order valence-electron chi connectivity index (χ0n) is 9.73. The molecule has 0 amide bonds. The van der Waals surface area contributed by atoms with Crippen molar-refractivity contribution in [3.8, 4) is 5.75 Å². The molecule has 0 heterocycles. The molecule has 2 rings (SSSR count). The molecule has 1 unspecified atom stereocenters. The predicted octanol–water partition coefficient (Wildman–Crippen LogP) is 3.58. The molecule has 0 spiro atoms. The van der Waals surface area contributed by atoms with Gasteiger partial charge in [-0.1, -0.05) is 23.7 Å². The van der Waals surface area contributed by atoms with E-state index in [2.05, 4.69) is 6.08 Å². The third kappa shape index (κ3) is 3.76. The molecular weight excluding hydrogens is 236 g/mol. The summed E-state index contributed by atoms with van der Waals surface area (Å²) >= 11 is 5.85. The van der Waals surface area contributed by atoms with Crippen LogP contribution in [0.4, 0.5) is 0 Å². The van der Waals surface area contributed by atoms with Gasteiger partial charge in [0.05, 0.1) is 0 Å². The number of ether oxygens (including phenoxy) is 1. The number of rotatable bonds is 4. The van der Waals surface area contributed by atoms with Gasteiger partial charge in [0.25, 0.3) is 0 Å². The molecule has 1 aromatic carbocycles. The minimum Gasteiger partial charge on any atom is -0.490 e. The highest BCUT2D eigenvalue weighted by atomic mass is 35.5. The lowest BCUT2D eigenvalue weighted by molar-refractivity contribution is 0.131. The summed E-state index contributed by atoms with van der Waals surface area (Å²) in [5.41, 5.74) is 1.11. The number of hydrogen-bond donors (Lipinski definition) is 1. The first kappa shape index (κ1) is 12.5. The largest absolute Gasteiger partial charge is 0.490 e. The number of halogens is 1. The lowest BCUT2D eigenvalue weighted by atomic mass is 9.96. The van der Waals surface area contributed by atoms with Gasteiger partial charge >= 0.3 is 0 Å². The highest BCUT2D eigenvalue weighted by molar-refractivity contribution is 6.30. The van der Waals surface area contributed by atoms with E-state index >= 15 is 0 Å². The van der Waals surface area contributed by atoms with Crippen LogP contribution in [0.15, 0.2) is 35.9 Å². The smallest absolute Gasteiger partial charge is 0.120 e. The maximum atomic E-state index is 9.98. The first-order valence-electron chi connectivity index (χ1n) is 6.01. The Morgan fingerprint density at radius 3 is 2.94 bits per heavy atom. The van der Waals surface area contributed by atoms with E-state index in [-0.39, 0.29) is 0 Å². The van der Waals surface area contributed by atoms with E-state index in [0.717, 1.165) is 18.4 Å². The van der Waals surface area contributed by atoms with Crippen molar-refractivity contribution in [3.05, 3.63) is 40.9 Å². The molecule has 3 heteroatoms. The quantitative estimate of drug-likeness (QED) is 0.830. The Morgan fingerprint density at radius 2 is 2.24 bits per heavy atom. The van der Waals surface area contributed by atoms with Crippen LogP contribution in [0.5, 0.6) is 5.75 Å². The summed E-state index contributed by atoms with van der Waals surface area (Å²) < 4.78 is 5.53. The molecule has 0 saturated heterocycles. The zero-order chi connectivity index (χ0) is 12.1. The van der Waals surface area contributed by atoms with Crippen molar-refractivity contribution in [2.75, 3.05) is 6.61 Å². The fraction of sp³-hybridized carbons (Fsp3) is 0.429. The molecule has 0 aromatic heterocycles. The topological polar surface area (TPSA) is 29.5 Å². The lowest BCUT2D eigenvalue weighted by Crippen LogP contribution is -2.21. The van der Waals surface area contributed by atoms with Gasteiger partial charge in [0, 0.05) is 5.02 Å². The molecular formula is C14H17ClO2. The average molecular weight is 253 g/mol. The monoisotopic (exact) mass is 252 g/mol. The second kappa shape index (κ2) is 6.08. The normalized spacial score (nSPS) is 17.4. The molecule has 1 aromatic rings. The lowest BCUT2D eigenvalue weighted by Gasteiger charge is -2.19. The van der Waals surface area contributed by atoms with Crippen molar-refractivity contribution in [3.63, 3.8) is 0 Å². The molecule has 1 aliphatic carbocycles. The number of benzene rings is 1. The van der Waals surface area contributed by atoms with Crippen LogP contribution in [0.1, 0.15) is 25.7 Å². The van der Waals surface area contributed by atoms with E-state index in [1.165, 1.54) is 12.8 Å². The molecule has 92 valence electrons. The number of allylic oxidation sites excluding steroid dienone is 1. The van der Waals surface area contributed by atoms with Crippen molar-refractivity contribution in [1.29, 1.82) is 0 Å². The average Bonchev–Trinajstić information content (AvgIpc) is 2.37. The Labute approximate surface area is 107 Å². The van der Waals surface area contributed by atoms with E-state index in [4.69, 9.17) is 16.3 Å². The fourth-order valence-electron chi connectivity index (χ4n) is 2.00. The molecule has 0 radical (unpaired) electrons. The Morgan fingerprint density at radius 1 is 1.35 bits per heavy atom. The highest BCUT2D eigenvalue weighted by Crippen LogP contribution is 2.22. The molecule has 2 nitrogen and oxygen atoms in total. The fourth-order valence-corrected chi connectivity index (χ4v) is 2.18. The zero-order valence-corrected chi connectivity index (χ0v) is 10.5. The van der Waals surface area contributed by atoms with Crippen molar-refractivity contribution < 1.29 is 9.84 Å². The third-order valence-electron chi connectivity index (χ3n) is 2.96. The summed E-state index contributed by atoms with van der Waals surface area (Å²) in [6, 6.07) is 7.23. The van der Waals surface area contributed by atoms with Crippen LogP contribution < -0.4 is 4.74 Å². The second-order valence-electron chi connectivity index (χ2n) is 4.31. The van der Waals surface area contributed by atoms with Gasteiger partial charge in [-0.3, -0.25) is 0 Å². The Balaban J connectivity index is 1.87.